The highest BCUT2D eigenvalue weighted by atomic mass is 79.9. The molecule has 2 rings (SSSR count). The predicted molar refractivity (Wildman–Crippen MR) is 90.6 cm³/mol. The number of hydrogen-bond acceptors (Lipinski definition) is 7. The first-order valence-corrected chi connectivity index (χ1v) is 9.53. The van der Waals surface area contributed by atoms with Gasteiger partial charge >= 0.3 is 7.60 Å². The molecule has 1 heterocycles. The fourth-order valence-corrected chi connectivity index (χ4v) is 3.55. The SMILES string of the molecule is COc1cc2nc(CBr)c(CP(=O)(OC)OC)nc2cc1OC. The van der Waals surface area contributed by atoms with Crippen LogP contribution in [0.3, 0.4) is 0 Å². The van der Waals surface area contributed by atoms with E-state index in [0.717, 1.165) is 0 Å². The lowest BCUT2D eigenvalue weighted by molar-refractivity contribution is 0.274. The summed E-state index contributed by atoms with van der Waals surface area (Å²) in [6.45, 7) is 0. The minimum absolute atomic E-state index is 0.0399. The molecule has 126 valence electrons. The summed E-state index contributed by atoms with van der Waals surface area (Å²) in [5, 5.41) is 0.465. The van der Waals surface area contributed by atoms with Crippen molar-refractivity contribution in [3.05, 3.63) is 23.5 Å². The molecule has 0 spiro atoms. The number of methoxy groups -OCH3 is 2. The van der Waals surface area contributed by atoms with Crippen molar-refractivity contribution in [2.45, 2.75) is 11.5 Å². The van der Waals surface area contributed by atoms with Crippen LogP contribution in [0.15, 0.2) is 12.1 Å². The lowest BCUT2D eigenvalue weighted by atomic mass is 10.2. The summed E-state index contributed by atoms with van der Waals surface area (Å²) in [7, 11) is 2.57. The monoisotopic (exact) mass is 404 g/mol. The van der Waals surface area contributed by atoms with Gasteiger partial charge in [-0.2, -0.15) is 0 Å². The molecule has 0 aliphatic carbocycles. The number of benzene rings is 1. The van der Waals surface area contributed by atoms with E-state index in [2.05, 4.69) is 25.9 Å². The van der Waals surface area contributed by atoms with Gasteiger partial charge in [0.25, 0.3) is 0 Å². The van der Waals surface area contributed by atoms with Crippen LogP contribution >= 0.6 is 23.5 Å². The van der Waals surface area contributed by atoms with Crippen LogP contribution in [-0.2, 0) is 25.1 Å². The molecular weight excluding hydrogens is 387 g/mol. The molecule has 0 aliphatic rings. The maximum atomic E-state index is 12.4. The van der Waals surface area contributed by atoms with Crippen molar-refractivity contribution in [2.75, 3.05) is 28.4 Å². The summed E-state index contributed by atoms with van der Waals surface area (Å²) in [5.41, 5.74) is 2.49. The second kappa shape index (κ2) is 7.57. The number of rotatable bonds is 7. The molecular formula is C14H18BrN2O5P. The molecule has 0 saturated heterocycles. The molecule has 0 radical (unpaired) electrons. The Hall–Kier alpha value is -1.21. The van der Waals surface area contributed by atoms with Gasteiger partial charge in [0.2, 0.25) is 0 Å². The van der Waals surface area contributed by atoms with E-state index in [4.69, 9.17) is 18.5 Å². The number of aromatic nitrogens is 2. The lowest BCUT2D eigenvalue weighted by Crippen LogP contribution is -2.04. The van der Waals surface area contributed by atoms with Crippen LogP contribution in [0.4, 0.5) is 0 Å². The van der Waals surface area contributed by atoms with E-state index in [-0.39, 0.29) is 6.16 Å². The van der Waals surface area contributed by atoms with E-state index in [1.807, 2.05) is 0 Å². The number of hydrogen-bond donors (Lipinski definition) is 0. The molecule has 0 aliphatic heterocycles. The largest absolute Gasteiger partial charge is 0.493 e. The predicted octanol–water partition coefficient (Wildman–Crippen LogP) is 3.53. The molecule has 23 heavy (non-hydrogen) atoms. The fraction of sp³-hybridized carbons (Fsp3) is 0.429. The summed E-state index contributed by atoms with van der Waals surface area (Å²) in [6.07, 6.45) is 0.0399. The molecule has 2 aromatic rings. The Morgan fingerprint density at radius 3 is 1.83 bits per heavy atom. The first kappa shape index (κ1) is 18.1. The van der Waals surface area contributed by atoms with E-state index in [1.54, 1.807) is 26.4 Å². The minimum atomic E-state index is -3.23. The summed E-state index contributed by atoms with van der Waals surface area (Å²) < 4.78 is 32.9. The van der Waals surface area contributed by atoms with Crippen molar-refractivity contribution in [1.29, 1.82) is 0 Å². The molecule has 0 saturated carbocycles. The Morgan fingerprint density at radius 1 is 0.957 bits per heavy atom. The van der Waals surface area contributed by atoms with Crippen molar-refractivity contribution >= 4 is 34.6 Å². The van der Waals surface area contributed by atoms with E-state index in [9.17, 15) is 4.57 Å². The van der Waals surface area contributed by atoms with Crippen molar-refractivity contribution in [3.63, 3.8) is 0 Å². The van der Waals surface area contributed by atoms with Crippen molar-refractivity contribution in [2.24, 2.45) is 0 Å². The molecule has 0 amide bonds. The number of nitrogens with zero attached hydrogens (tertiary/aromatic N) is 2. The highest BCUT2D eigenvalue weighted by molar-refractivity contribution is 9.08. The lowest BCUT2D eigenvalue weighted by Gasteiger charge is -2.15. The first-order valence-electron chi connectivity index (χ1n) is 6.68. The molecule has 0 atom stereocenters. The van der Waals surface area contributed by atoms with Gasteiger partial charge in [-0.15, -0.1) is 0 Å². The Kier molecular flexibility index (Phi) is 5.97. The highest BCUT2D eigenvalue weighted by Crippen LogP contribution is 2.50. The van der Waals surface area contributed by atoms with Crippen LogP contribution in [0.1, 0.15) is 11.4 Å². The molecule has 0 N–H and O–H groups in total. The zero-order chi connectivity index (χ0) is 17.0. The van der Waals surface area contributed by atoms with Gasteiger partial charge in [-0.25, -0.2) is 9.97 Å². The third kappa shape index (κ3) is 3.83. The van der Waals surface area contributed by atoms with Gasteiger partial charge < -0.3 is 18.5 Å². The van der Waals surface area contributed by atoms with Crippen LogP contribution in [-0.4, -0.2) is 38.4 Å². The number of alkyl halides is 1. The van der Waals surface area contributed by atoms with Gasteiger partial charge in [-0.3, -0.25) is 4.57 Å². The summed E-state index contributed by atoms with van der Waals surface area (Å²) in [6, 6.07) is 3.48. The topological polar surface area (TPSA) is 79.8 Å². The quantitative estimate of drug-likeness (QED) is 0.515. The fourth-order valence-electron chi connectivity index (χ4n) is 2.08. The zero-order valence-corrected chi connectivity index (χ0v) is 15.8. The summed E-state index contributed by atoms with van der Waals surface area (Å²) >= 11 is 3.38. The average molecular weight is 405 g/mol. The highest BCUT2D eigenvalue weighted by Gasteiger charge is 2.25. The third-order valence-corrected chi connectivity index (χ3v) is 5.68. The summed E-state index contributed by atoms with van der Waals surface area (Å²) in [5.74, 6) is 1.12. The van der Waals surface area contributed by atoms with Crippen molar-refractivity contribution < 1.29 is 23.1 Å². The second-order valence-electron chi connectivity index (χ2n) is 4.58. The maximum Gasteiger partial charge on any atom is 0.336 e. The van der Waals surface area contributed by atoms with Crippen molar-refractivity contribution in [1.82, 2.24) is 9.97 Å². The minimum Gasteiger partial charge on any atom is -0.493 e. The van der Waals surface area contributed by atoms with E-state index < -0.39 is 7.60 Å². The Morgan fingerprint density at radius 2 is 1.43 bits per heavy atom. The van der Waals surface area contributed by atoms with Gasteiger partial charge in [0, 0.05) is 31.7 Å². The first-order chi connectivity index (χ1) is 11.0. The Bertz CT molecular complexity index is 748. The Balaban J connectivity index is 2.59. The van der Waals surface area contributed by atoms with Crippen LogP contribution in [0, 0.1) is 0 Å². The normalized spacial score (nSPS) is 11.7. The third-order valence-electron chi connectivity index (χ3n) is 3.35. The van der Waals surface area contributed by atoms with E-state index in [0.29, 0.717) is 39.3 Å². The van der Waals surface area contributed by atoms with E-state index in [1.165, 1.54) is 14.2 Å². The molecule has 7 nitrogen and oxygen atoms in total. The molecule has 1 aromatic heterocycles. The zero-order valence-electron chi connectivity index (χ0n) is 13.3. The van der Waals surface area contributed by atoms with Gasteiger partial charge in [0.05, 0.1) is 42.8 Å². The molecule has 1 aromatic carbocycles. The number of ether oxygens (including phenoxy) is 2. The average Bonchev–Trinajstić information content (AvgIpc) is 2.59. The molecule has 0 bridgehead atoms. The van der Waals surface area contributed by atoms with Gasteiger partial charge in [-0.05, 0) is 0 Å². The second-order valence-corrected chi connectivity index (χ2v) is 7.41. The standard InChI is InChI=1S/C14H18BrN2O5P/c1-19-13-5-9-10(6-14(13)20-2)17-12(11(7-15)16-9)8-23(18,21-3)22-4/h5-6H,7-8H2,1-4H3. The summed E-state index contributed by atoms with van der Waals surface area (Å²) in [4.78, 5) is 9.10. The van der Waals surface area contributed by atoms with Gasteiger partial charge in [0.15, 0.2) is 11.5 Å². The number of halogens is 1. The molecule has 9 heteroatoms. The number of fused-ring (bicyclic) bond motifs is 1. The van der Waals surface area contributed by atoms with Crippen LogP contribution in [0.5, 0.6) is 11.5 Å². The van der Waals surface area contributed by atoms with Crippen LogP contribution in [0.2, 0.25) is 0 Å². The molecule has 0 fully saturated rings. The van der Waals surface area contributed by atoms with Crippen LogP contribution < -0.4 is 9.47 Å². The van der Waals surface area contributed by atoms with Gasteiger partial charge in [-0.1, -0.05) is 15.9 Å². The van der Waals surface area contributed by atoms with Crippen molar-refractivity contribution in [3.8, 4) is 11.5 Å². The Labute approximate surface area is 143 Å². The van der Waals surface area contributed by atoms with Gasteiger partial charge in [0.1, 0.15) is 0 Å². The maximum absolute atomic E-state index is 12.4. The van der Waals surface area contributed by atoms with Crippen LogP contribution in [0.25, 0.3) is 11.0 Å². The molecule has 0 unspecified atom stereocenters. The van der Waals surface area contributed by atoms with E-state index >= 15 is 0 Å². The smallest absolute Gasteiger partial charge is 0.336 e.